The Bertz CT molecular complexity index is 1480. The second kappa shape index (κ2) is 10.1. The van der Waals surface area contributed by atoms with E-state index in [1.165, 1.54) is 54.9 Å². The van der Waals surface area contributed by atoms with E-state index in [0.29, 0.717) is 23.2 Å². The SMILES string of the molecule is CNCc1cc(-c2ccccc2F)n(S(=O)(=O)c2cccc(-c3cncc(OCC(F)(F)F)c3)c2)c1. The summed E-state index contributed by atoms with van der Waals surface area (Å²) in [6.45, 7) is -1.12. The molecule has 0 aliphatic rings. The highest BCUT2D eigenvalue weighted by molar-refractivity contribution is 7.90. The third kappa shape index (κ3) is 5.58. The van der Waals surface area contributed by atoms with E-state index in [-0.39, 0.29) is 21.9 Å². The van der Waals surface area contributed by atoms with Gasteiger partial charge in [-0.05, 0) is 54.6 Å². The van der Waals surface area contributed by atoms with Crippen molar-refractivity contribution in [1.29, 1.82) is 0 Å². The number of halogens is 4. The second-order valence-corrected chi connectivity index (χ2v) is 9.70. The molecule has 0 unspecified atom stereocenters. The van der Waals surface area contributed by atoms with Crippen molar-refractivity contribution in [1.82, 2.24) is 14.3 Å². The third-order valence-corrected chi connectivity index (χ3v) is 6.88. The van der Waals surface area contributed by atoms with Crippen LogP contribution >= 0.6 is 0 Å². The van der Waals surface area contributed by atoms with Crippen molar-refractivity contribution >= 4 is 10.0 Å². The van der Waals surface area contributed by atoms with Gasteiger partial charge < -0.3 is 10.1 Å². The molecule has 11 heteroatoms. The van der Waals surface area contributed by atoms with Gasteiger partial charge in [0.2, 0.25) is 0 Å². The molecule has 4 rings (SSSR count). The predicted octanol–water partition coefficient (Wildman–Crippen LogP) is 5.25. The molecule has 36 heavy (non-hydrogen) atoms. The fourth-order valence-corrected chi connectivity index (χ4v) is 5.07. The standard InChI is InChI=1S/C25H21F4N3O3S/c1-30-12-17-9-24(22-7-2-3-8-23(22)26)32(15-17)36(33,34)21-6-4-5-18(11-21)19-10-20(14-31-13-19)35-16-25(27,28)29/h2-11,13-15,30H,12,16H2,1H3. The van der Waals surface area contributed by atoms with Gasteiger partial charge in [0, 0.05) is 30.1 Å². The predicted molar refractivity (Wildman–Crippen MR) is 126 cm³/mol. The van der Waals surface area contributed by atoms with Gasteiger partial charge in [0.1, 0.15) is 11.6 Å². The maximum absolute atomic E-state index is 14.6. The van der Waals surface area contributed by atoms with Crippen molar-refractivity contribution in [3.8, 4) is 28.1 Å². The van der Waals surface area contributed by atoms with Gasteiger partial charge in [-0.1, -0.05) is 24.3 Å². The molecule has 188 valence electrons. The Labute approximate surface area is 205 Å². The van der Waals surface area contributed by atoms with Crippen molar-refractivity contribution in [2.45, 2.75) is 17.6 Å². The quantitative estimate of drug-likeness (QED) is 0.322. The lowest BCUT2D eigenvalue weighted by Gasteiger charge is -2.13. The molecule has 0 amide bonds. The number of benzene rings is 2. The van der Waals surface area contributed by atoms with E-state index in [4.69, 9.17) is 4.74 Å². The first-order chi connectivity index (χ1) is 17.1. The molecular formula is C25H21F4N3O3S. The van der Waals surface area contributed by atoms with Crippen LogP contribution in [0.15, 0.2) is 84.1 Å². The third-order valence-electron chi connectivity index (χ3n) is 5.21. The number of aromatic nitrogens is 2. The van der Waals surface area contributed by atoms with Crippen LogP contribution in [-0.4, -0.2) is 37.2 Å². The molecule has 0 bridgehead atoms. The molecule has 2 aromatic carbocycles. The summed E-state index contributed by atoms with van der Waals surface area (Å²) in [6.07, 6.45) is -0.562. The normalized spacial score (nSPS) is 12.0. The lowest BCUT2D eigenvalue weighted by molar-refractivity contribution is -0.153. The maximum atomic E-state index is 14.6. The van der Waals surface area contributed by atoms with E-state index in [1.807, 2.05) is 0 Å². The lowest BCUT2D eigenvalue weighted by Crippen LogP contribution is -2.19. The highest BCUT2D eigenvalue weighted by Crippen LogP contribution is 2.31. The minimum absolute atomic E-state index is 0.0918. The molecule has 0 atom stereocenters. The Morgan fingerprint density at radius 1 is 1.00 bits per heavy atom. The van der Waals surface area contributed by atoms with Crippen LogP contribution in [-0.2, 0) is 16.6 Å². The number of hydrogen-bond donors (Lipinski definition) is 1. The van der Waals surface area contributed by atoms with E-state index in [2.05, 4.69) is 10.3 Å². The second-order valence-electron chi connectivity index (χ2n) is 7.89. The molecule has 0 radical (unpaired) electrons. The minimum atomic E-state index is -4.51. The molecule has 0 fully saturated rings. The topological polar surface area (TPSA) is 73.2 Å². The van der Waals surface area contributed by atoms with E-state index in [0.717, 1.165) is 10.2 Å². The number of pyridine rings is 1. The molecule has 0 saturated heterocycles. The number of hydrogen-bond acceptors (Lipinski definition) is 5. The Morgan fingerprint density at radius 2 is 1.78 bits per heavy atom. The first-order valence-electron chi connectivity index (χ1n) is 10.7. The van der Waals surface area contributed by atoms with Crippen LogP contribution in [0.2, 0.25) is 0 Å². The summed E-state index contributed by atoms with van der Waals surface area (Å²) >= 11 is 0. The summed E-state index contributed by atoms with van der Waals surface area (Å²) in [5, 5.41) is 2.95. The van der Waals surface area contributed by atoms with Gasteiger partial charge in [-0.3, -0.25) is 4.98 Å². The zero-order chi connectivity index (χ0) is 25.9. The van der Waals surface area contributed by atoms with Crippen LogP contribution in [0.1, 0.15) is 5.56 Å². The Hall–Kier alpha value is -3.70. The average molecular weight is 520 g/mol. The van der Waals surface area contributed by atoms with Gasteiger partial charge >= 0.3 is 6.18 Å². The van der Waals surface area contributed by atoms with Crippen LogP contribution in [0.5, 0.6) is 5.75 Å². The van der Waals surface area contributed by atoms with Crippen LogP contribution in [0.25, 0.3) is 22.4 Å². The fourth-order valence-electron chi connectivity index (χ4n) is 3.63. The number of alkyl halides is 3. The molecule has 0 spiro atoms. The summed E-state index contributed by atoms with van der Waals surface area (Å²) in [5.41, 5.74) is 1.68. The van der Waals surface area contributed by atoms with Gasteiger partial charge in [0.25, 0.3) is 10.0 Å². The van der Waals surface area contributed by atoms with E-state index >= 15 is 0 Å². The van der Waals surface area contributed by atoms with Crippen molar-refractivity contribution in [3.05, 3.63) is 90.6 Å². The number of nitrogens with one attached hydrogen (secondary N) is 1. The Balaban J connectivity index is 1.75. The van der Waals surface area contributed by atoms with Crippen molar-refractivity contribution < 1.29 is 30.7 Å². The number of rotatable bonds is 8. The number of ether oxygens (including phenoxy) is 1. The van der Waals surface area contributed by atoms with E-state index in [1.54, 1.807) is 25.2 Å². The van der Waals surface area contributed by atoms with E-state index < -0.39 is 28.6 Å². The number of nitrogens with zero attached hydrogens (tertiary/aromatic N) is 2. The summed E-state index contributed by atoms with van der Waals surface area (Å²) in [5.74, 6) is -0.680. The van der Waals surface area contributed by atoms with Crippen LogP contribution in [0.4, 0.5) is 17.6 Å². The van der Waals surface area contributed by atoms with Gasteiger partial charge in [-0.25, -0.2) is 16.8 Å². The summed E-state index contributed by atoms with van der Waals surface area (Å²) in [6, 6.07) is 14.7. The van der Waals surface area contributed by atoms with Crippen molar-refractivity contribution in [3.63, 3.8) is 0 Å². The van der Waals surface area contributed by atoms with Crippen molar-refractivity contribution in [2.24, 2.45) is 0 Å². The van der Waals surface area contributed by atoms with Gasteiger partial charge in [0.15, 0.2) is 6.61 Å². The average Bonchev–Trinajstić information content (AvgIpc) is 3.28. The van der Waals surface area contributed by atoms with Crippen LogP contribution in [0.3, 0.4) is 0 Å². The Kier molecular flexibility index (Phi) is 7.14. The molecule has 0 aliphatic heterocycles. The largest absolute Gasteiger partial charge is 0.482 e. The summed E-state index contributed by atoms with van der Waals surface area (Å²) < 4.78 is 85.2. The van der Waals surface area contributed by atoms with Gasteiger partial charge in [-0.2, -0.15) is 13.2 Å². The first kappa shape index (κ1) is 25.4. The zero-order valence-electron chi connectivity index (χ0n) is 19.0. The molecule has 2 aromatic heterocycles. The molecule has 1 N–H and O–H groups in total. The molecule has 2 heterocycles. The lowest BCUT2D eigenvalue weighted by atomic mass is 10.1. The summed E-state index contributed by atoms with van der Waals surface area (Å²) in [7, 11) is -2.47. The molecular weight excluding hydrogens is 498 g/mol. The molecule has 0 aliphatic carbocycles. The summed E-state index contributed by atoms with van der Waals surface area (Å²) in [4.78, 5) is 3.81. The zero-order valence-corrected chi connectivity index (χ0v) is 19.8. The van der Waals surface area contributed by atoms with Crippen molar-refractivity contribution in [2.75, 3.05) is 13.7 Å². The van der Waals surface area contributed by atoms with Crippen LogP contribution < -0.4 is 10.1 Å². The molecule has 6 nitrogen and oxygen atoms in total. The monoisotopic (exact) mass is 519 g/mol. The smallest absolute Gasteiger partial charge is 0.422 e. The highest BCUT2D eigenvalue weighted by atomic mass is 32.2. The van der Waals surface area contributed by atoms with Gasteiger partial charge in [-0.15, -0.1) is 0 Å². The van der Waals surface area contributed by atoms with Crippen LogP contribution in [0, 0.1) is 5.82 Å². The molecule has 0 saturated carbocycles. The first-order valence-corrected chi connectivity index (χ1v) is 12.1. The minimum Gasteiger partial charge on any atom is -0.482 e. The van der Waals surface area contributed by atoms with Gasteiger partial charge in [0.05, 0.1) is 16.8 Å². The fraction of sp³-hybridized carbons (Fsp3) is 0.160. The maximum Gasteiger partial charge on any atom is 0.422 e. The van der Waals surface area contributed by atoms with E-state index in [9.17, 15) is 26.0 Å². The molecule has 4 aromatic rings. The Morgan fingerprint density at radius 3 is 2.50 bits per heavy atom. The highest BCUT2D eigenvalue weighted by Gasteiger charge is 2.28.